The van der Waals surface area contributed by atoms with Crippen LogP contribution in [0.15, 0.2) is 45.7 Å². The monoisotopic (exact) mass is 339 g/mol. The second kappa shape index (κ2) is 6.58. The van der Waals surface area contributed by atoms with Crippen molar-refractivity contribution in [1.82, 2.24) is 5.32 Å². The van der Waals surface area contributed by atoms with Crippen LogP contribution in [0.25, 0.3) is 0 Å². The highest BCUT2D eigenvalue weighted by Crippen LogP contribution is 2.19. The van der Waals surface area contributed by atoms with E-state index in [1.165, 1.54) is 6.26 Å². The number of nitrogens with one attached hydrogen (secondary N) is 1. The highest BCUT2D eigenvalue weighted by Gasteiger charge is 2.13. The zero-order valence-corrected chi connectivity index (χ0v) is 12.4. The van der Waals surface area contributed by atoms with Crippen molar-refractivity contribution in [2.24, 2.45) is 0 Å². The Hall–Kier alpha value is -1.79. The molecule has 1 atom stereocenters. The molecule has 6 heteroatoms. The van der Waals surface area contributed by atoms with Crippen LogP contribution in [-0.2, 0) is 0 Å². The Morgan fingerprint density at radius 2 is 2.30 bits per heavy atom. The minimum atomic E-state index is -0.801. The van der Waals surface area contributed by atoms with Gasteiger partial charge in [-0.2, -0.15) is 0 Å². The van der Waals surface area contributed by atoms with Gasteiger partial charge in [-0.1, -0.05) is 12.1 Å². The molecule has 106 valence electrons. The quantitative estimate of drug-likeness (QED) is 0.877. The van der Waals surface area contributed by atoms with Gasteiger partial charge in [-0.15, -0.1) is 0 Å². The summed E-state index contributed by atoms with van der Waals surface area (Å²) in [5.41, 5.74) is 1.08. The fourth-order valence-electron chi connectivity index (χ4n) is 1.69. The lowest BCUT2D eigenvalue weighted by atomic mass is 10.1. The number of hydrogen-bond acceptors (Lipinski definition) is 4. The zero-order chi connectivity index (χ0) is 14.5. The summed E-state index contributed by atoms with van der Waals surface area (Å²) in [4.78, 5) is 11.8. The molecule has 0 spiro atoms. The Kier molecular flexibility index (Phi) is 4.81. The summed E-state index contributed by atoms with van der Waals surface area (Å²) in [7, 11) is 1.56. The molecule has 5 nitrogen and oxygen atoms in total. The Balaban J connectivity index is 1.94. The van der Waals surface area contributed by atoms with E-state index < -0.39 is 6.10 Å². The molecule has 0 saturated heterocycles. The maximum Gasteiger partial charge on any atom is 0.254 e. The van der Waals surface area contributed by atoms with Gasteiger partial charge in [-0.05, 0) is 33.6 Å². The van der Waals surface area contributed by atoms with Crippen LogP contribution in [0.3, 0.4) is 0 Å². The first kappa shape index (κ1) is 14.6. The van der Waals surface area contributed by atoms with Gasteiger partial charge in [-0.3, -0.25) is 4.79 Å². The van der Waals surface area contributed by atoms with E-state index in [9.17, 15) is 9.90 Å². The largest absolute Gasteiger partial charge is 0.497 e. The van der Waals surface area contributed by atoms with Crippen molar-refractivity contribution in [2.75, 3.05) is 13.7 Å². The zero-order valence-electron chi connectivity index (χ0n) is 10.8. The Morgan fingerprint density at radius 3 is 2.95 bits per heavy atom. The fourth-order valence-corrected chi connectivity index (χ4v) is 2.03. The highest BCUT2D eigenvalue weighted by molar-refractivity contribution is 9.10. The van der Waals surface area contributed by atoms with E-state index in [1.54, 1.807) is 37.4 Å². The third kappa shape index (κ3) is 3.61. The molecule has 0 radical (unpaired) electrons. The van der Waals surface area contributed by atoms with Crippen LogP contribution < -0.4 is 10.1 Å². The van der Waals surface area contributed by atoms with E-state index in [4.69, 9.17) is 9.15 Å². The van der Waals surface area contributed by atoms with E-state index in [-0.39, 0.29) is 12.5 Å². The number of aliphatic hydroxyl groups is 1. The van der Waals surface area contributed by atoms with Gasteiger partial charge in [-0.25, -0.2) is 0 Å². The van der Waals surface area contributed by atoms with Crippen LogP contribution >= 0.6 is 15.9 Å². The molecule has 1 aromatic carbocycles. The summed E-state index contributed by atoms with van der Waals surface area (Å²) in [5.74, 6) is 0.355. The van der Waals surface area contributed by atoms with Gasteiger partial charge in [0, 0.05) is 12.6 Å². The fraction of sp³-hybridized carbons (Fsp3) is 0.214. The van der Waals surface area contributed by atoms with Crippen molar-refractivity contribution in [3.63, 3.8) is 0 Å². The molecule has 0 fully saturated rings. The SMILES string of the molecule is COc1cccc(C(O)CNC(=O)c2coc(Br)c2)c1. The molecular formula is C14H14BrNO4. The molecule has 2 N–H and O–H groups in total. The molecule has 0 aliphatic rings. The summed E-state index contributed by atoms with van der Waals surface area (Å²) in [6.07, 6.45) is 0.543. The first-order valence-electron chi connectivity index (χ1n) is 5.94. The molecule has 1 heterocycles. The molecule has 0 bridgehead atoms. The normalized spacial score (nSPS) is 11.9. The van der Waals surface area contributed by atoms with Crippen molar-refractivity contribution in [2.45, 2.75) is 6.10 Å². The summed E-state index contributed by atoms with van der Waals surface area (Å²) >= 11 is 3.12. The van der Waals surface area contributed by atoms with Crippen LogP contribution in [0, 0.1) is 0 Å². The number of hydrogen-bond donors (Lipinski definition) is 2. The van der Waals surface area contributed by atoms with E-state index in [0.29, 0.717) is 21.5 Å². The van der Waals surface area contributed by atoms with Crippen molar-refractivity contribution in [3.05, 3.63) is 52.4 Å². The molecule has 0 aliphatic carbocycles. The second-order valence-electron chi connectivity index (χ2n) is 4.14. The minimum absolute atomic E-state index is 0.106. The number of furan rings is 1. The van der Waals surface area contributed by atoms with Gasteiger partial charge >= 0.3 is 0 Å². The number of carbonyl (C=O) groups excluding carboxylic acids is 1. The van der Waals surface area contributed by atoms with Crippen LogP contribution in [0.2, 0.25) is 0 Å². The lowest BCUT2D eigenvalue weighted by Crippen LogP contribution is -2.28. The van der Waals surface area contributed by atoms with Crippen LogP contribution in [-0.4, -0.2) is 24.7 Å². The number of aliphatic hydroxyl groups excluding tert-OH is 1. The Morgan fingerprint density at radius 1 is 1.50 bits per heavy atom. The second-order valence-corrected chi connectivity index (χ2v) is 4.92. The molecule has 1 amide bonds. The lowest BCUT2D eigenvalue weighted by molar-refractivity contribution is 0.0915. The summed E-state index contributed by atoms with van der Waals surface area (Å²) < 4.78 is 10.6. The van der Waals surface area contributed by atoms with Crippen LogP contribution in [0.1, 0.15) is 22.0 Å². The van der Waals surface area contributed by atoms with Gasteiger partial charge in [0.1, 0.15) is 12.0 Å². The number of amides is 1. The molecule has 0 aliphatic heterocycles. The van der Waals surface area contributed by atoms with Crippen LogP contribution in [0.4, 0.5) is 0 Å². The molecular weight excluding hydrogens is 326 g/mol. The number of ether oxygens (including phenoxy) is 1. The number of methoxy groups -OCH3 is 1. The van der Waals surface area contributed by atoms with E-state index in [0.717, 1.165) is 0 Å². The van der Waals surface area contributed by atoms with Crippen molar-refractivity contribution >= 4 is 21.8 Å². The van der Waals surface area contributed by atoms with Crippen molar-refractivity contribution in [1.29, 1.82) is 0 Å². The third-order valence-electron chi connectivity index (χ3n) is 2.76. The minimum Gasteiger partial charge on any atom is -0.497 e. The summed E-state index contributed by atoms with van der Waals surface area (Å²) in [5, 5.41) is 12.7. The predicted molar refractivity (Wildman–Crippen MR) is 76.7 cm³/mol. The lowest BCUT2D eigenvalue weighted by Gasteiger charge is -2.12. The smallest absolute Gasteiger partial charge is 0.254 e. The molecule has 2 rings (SSSR count). The van der Waals surface area contributed by atoms with Gasteiger partial charge in [0.15, 0.2) is 4.67 Å². The van der Waals surface area contributed by atoms with E-state index in [1.807, 2.05) is 0 Å². The topological polar surface area (TPSA) is 71.7 Å². The molecule has 1 aromatic heterocycles. The Bertz CT molecular complexity index is 596. The molecule has 2 aromatic rings. The average molecular weight is 340 g/mol. The van der Waals surface area contributed by atoms with Crippen molar-refractivity contribution < 1.29 is 19.1 Å². The molecule has 0 saturated carbocycles. The number of halogens is 1. The third-order valence-corrected chi connectivity index (χ3v) is 3.18. The van der Waals surface area contributed by atoms with Gasteiger partial charge in [0.25, 0.3) is 5.91 Å². The first-order valence-corrected chi connectivity index (χ1v) is 6.73. The predicted octanol–water partition coefficient (Wildman–Crippen LogP) is 2.51. The standard InChI is InChI=1S/C14H14BrNO4/c1-19-11-4-2-3-9(5-11)12(17)7-16-14(18)10-6-13(15)20-8-10/h2-6,8,12,17H,7H2,1H3,(H,16,18). The maximum absolute atomic E-state index is 11.8. The average Bonchev–Trinajstić information content (AvgIpc) is 2.91. The van der Waals surface area contributed by atoms with E-state index >= 15 is 0 Å². The van der Waals surface area contributed by atoms with Crippen LogP contribution in [0.5, 0.6) is 5.75 Å². The highest BCUT2D eigenvalue weighted by atomic mass is 79.9. The van der Waals surface area contributed by atoms with Gasteiger partial charge in [0.05, 0.1) is 18.8 Å². The Labute approximate surface area is 124 Å². The summed E-state index contributed by atoms with van der Waals surface area (Å²) in [6.45, 7) is 0.106. The molecule has 20 heavy (non-hydrogen) atoms. The molecule has 1 unspecified atom stereocenters. The van der Waals surface area contributed by atoms with Gasteiger partial charge < -0.3 is 19.6 Å². The maximum atomic E-state index is 11.8. The first-order chi connectivity index (χ1) is 9.60. The summed E-state index contributed by atoms with van der Waals surface area (Å²) in [6, 6.07) is 8.64. The number of benzene rings is 1. The van der Waals surface area contributed by atoms with E-state index in [2.05, 4.69) is 21.2 Å². The van der Waals surface area contributed by atoms with Crippen molar-refractivity contribution in [3.8, 4) is 5.75 Å². The number of carbonyl (C=O) groups is 1. The number of rotatable bonds is 5. The van der Waals surface area contributed by atoms with Gasteiger partial charge in [0.2, 0.25) is 0 Å².